The van der Waals surface area contributed by atoms with Gasteiger partial charge in [0.1, 0.15) is 25.0 Å². The lowest BCUT2D eigenvalue weighted by molar-refractivity contribution is 0.0994. The van der Waals surface area contributed by atoms with Crippen molar-refractivity contribution in [2.24, 2.45) is 0 Å². The minimum absolute atomic E-state index is 0.0523. The zero-order valence-corrected chi connectivity index (χ0v) is 13.1. The summed E-state index contributed by atoms with van der Waals surface area (Å²) in [5.41, 5.74) is 4.30. The van der Waals surface area contributed by atoms with Gasteiger partial charge in [-0.05, 0) is 24.1 Å². The molecule has 0 saturated heterocycles. The molecule has 23 heavy (non-hydrogen) atoms. The van der Waals surface area contributed by atoms with E-state index in [-0.39, 0.29) is 5.78 Å². The van der Waals surface area contributed by atoms with Crippen LogP contribution in [0.25, 0.3) is 22.6 Å². The zero-order valence-electron chi connectivity index (χ0n) is 12.3. The predicted molar refractivity (Wildman–Crippen MR) is 90.0 cm³/mol. The van der Waals surface area contributed by atoms with Gasteiger partial charge >= 0.3 is 0 Å². The fraction of sp³-hybridized carbons (Fsp3) is 0.118. The van der Waals surface area contributed by atoms with E-state index in [1.165, 1.54) is 0 Å². The van der Waals surface area contributed by atoms with E-state index in [1.807, 2.05) is 26.0 Å². The molecule has 4 nitrogen and oxygen atoms in total. The molecule has 0 spiro atoms. The number of hydrogen-bond donors (Lipinski definition) is 0. The lowest BCUT2D eigenvalue weighted by Gasteiger charge is -2.02. The van der Waals surface area contributed by atoms with E-state index in [0.29, 0.717) is 51.5 Å². The summed E-state index contributed by atoms with van der Waals surface area (Å²) in [6.07, 6.45) is 1.02. The number of ketones is 1. The number of nitriles is 1. The maximum absolute atomic E-state index is 12.0. The van der Waals surface area contributed by atoms with Crippen LogP contribution in [0.3, 0.4) is 0 Å². The molecule has 6 heteroatoms. The second-order valence-electron chi connectivity index (χ2n) is 5.62. The van der Waals surface area contributed by atoms with E-state index in [2.05, 4.69) is 11.1 Å². The average molecular weight is 321 g/mol. The van der Waals surface area contributed by atoms with Crippen LogP contribution in [0, 0.1) is 11.3 Å². The maximum atomic E-state index is 12.0. The van der Waals surface area contributed by atoms with Crippen molar-refractivity contribution < 1.29 is 9.21 Å². The first-order chi connectivity index (χ1) is 11.1. The highest BCUT2D eigenvalue weighted by Gasteiger charge is 2.27. The summed E-state index contributed by atoms with van der Waals surface area (Å²) < 4.78 is 5.84. The van der Waals surface area contributed by atoms with Crippen LogP contribution in [-0.2, 0) is 6.42 Å². The standard InChI is InChI=1S/C17H10BClN2O2/c18-12-3-1-2-9(15(12)19)17-21-13-6-10-8(4-5-14(10)22)11(7-20)16(13)23-17/h1-3,6H,4-5,18H2. The average Bonchev–Trinajstić information content (AvgIpc) is 3.12. The Kier molecular flexibility index (Phi) is 3.04. The van der Waals surface area contributed by atoms with Crippen molar-refractivity contribution in [2.75, 3.05) is 0 Å². The second kappa shape index (κ2) is 4.97. The smallest absolute Gasteiger partial charge is 0.228 e. The molecule has 1 heterocycles. The van der Waals surface area contributed by atoms with E-state index in [4.69, 9.17) is 16.0 Å². The summed E-state index contributed by atoms with van der Waals surface area (Å²) in [4.78, 5) is 16.4. The van der Waals surface area contributed by atoms with E-state index in [9.17, 15) is 10.1 Å². The Bertz CT molecular complexity index is 1030. The monoisotopic (exact) mass is 320 g/mol. The Morgan fingerprint density at radius 1 is 1.30 bits per heavy atom. The van der Waals surface area contributed by atoms with Gasteiger partial charge in [0.25, 0.3) is 0 Å². The Labute approximate surface area is 138 Å². The maximum Gasteiger partial charge on any atom is 0.228 e. The third-order valence-electron chi connectivity index (χ3n) is 4.22. The van der Waals surface area contributed by atoms with Crippen LogP contribution in [0.15, 0.2) is 28.7 Å². The number of hydrogen-bond acceptors (Lipinski definition) is 4. The molecule has 0 aliphatic heterocycles. The summed E-state index contributed by atoms with van der Waals surface area (Å²) in [6, 6.07) is 9.49. The molecule has 0 radical (unpaired) electrons. The fourth-order valence-corrected chi connectivity index (χ4v) is 3.24. The number of fused-ring (bicyclic) bond motifs is 2. The van der Waals surface area contributed by atoms with Crippen LogP contribution in [0.5, 0.6) is 0 Å². The van der Waals surface area contributed by atoms with Gasteiger partial charge in [0.2, 0.25) is 5.89 Å². The van der Waals surface area contributed by atoms with Crippen molar-refractivity contribution in [2.45, 2.75) is 12.8 Å². The summed E-state index contributed by atoms with van der Waals surface area (Å²) in [5, 5.41) is 10.1. The Morgan fingerprint density at radius 3 is 2.91 bits per heavy atom. The van der Waals surface area contributed by atoms with Crippen LogP contribution in [0.1, 0.15) is 27.9 Å². The second-order valence-corrected chi connectivity index (χ2v) is 5.99. The number of carbonyl (C=O) groups is 1. The molecule has 0 atom stereocenters. The molecule has 0 bridgehead atoms. The SMILES string of the molecule is Bc1cccc(-c2nc3cc4c(c(C#N)c3o2)CCC4=O)c1Cl. The first-order valence-corrected chi connectivity index (χ1v) is 7.63. The number of Topliss-reactive ketones (excluding diaryl/α,β-unsaturated/α-hetero) is 1. The van der Waals surface area contributed by atoms with Gasteiger partial charge in [-0.3, -0.25) is 4.79 Å². The number of benzene rings is 2. The summed E-state index contributed by atoms with van der Waals surface area (Å²) in [6.45, 7) is 0. The lowest BCUT2D eigenvalue weighted by atomic mass is 9.94. The number of nitrogens with zero attached hydrogens (tertiary/aromatic N) is 2. The fourth-order valence-electron chi connectivity index (χ4n) is 3.03. The molecule has 0 N–H and O–H groups in total. The summed E-state index contributed by atoms with van der Waals surface area (Å²) in [7, 11) is 1.91. The quantitative estimate of drug-likeness (QED) is 0.646. The number of oxazole rings is 1. The van der Waals surface area contributed by atoms with Crippen LogP contribution in [0.4, 0.5) is 0 Å². The number of rotatable bonds is 1. The van der Waals surface area contributed by atoms with E-state index < -0.39 is 0 Å². The van der Waals surface area contributed by atoms with E-state index in [1.54, 1.807) is 6.07 Å². The van der Waals surface area contributed by atoms with E-state index >= 15 is 0 Å². The van der Waals surface area contributed by atoms with Gasteiger partial charge in [-0.1, -0.05) is 29.2 Å². The molecule has 3 aromatic rings. The van der Waals surface area contributed by atoms with Gasteiger partial charge in [0, 0.05) is 17.0 Å². The van der Waals surface area contributed by atoms with Crippen LogP contribution in [-0.4, -0.2) is 18.6 Å². The summed E-state index contributed by atoms with van der Waals surface area (Å²) in [5.74, 6) is 0.415. The molecule has 0 saturated carbocycles. The van der Waals surface area contributed by atoms with Gasteiger partial charge in [-0.2, -0.15) is 5.26 Å². The Morgan fingerprint density at radius 2 is 2.13 bits per heavy atom. The van der Waals surface area contributed by atoms with Crippen LogP contribution in [0.2, 0.25) is 5.02 Å². The molecule has 0 fully saturated rings. The number of carbonyl (C=O) groups excluding carboxylic acids is 1. The molecule has 1 aliphatic rings. The van der Waals surface area contributed by atoms with Crippen LogP contribution < -0.4 is 5.46 Å². The highest BCUT2D eigenvalue weighted by Crippen LogP contribution is 2.35. The first kappa shape index (κ1) is 14.0. The van der Waals surface area contributed by atoms with Gasteiger partial charge in [0.15, 0.2) is 11.4 Å². The summed E-state index contributed by atoms with van der Waals surface area (Å²) >= 11 is 6.33. The van der Waals surface area contributed by atoms with Gasteiger partial charge in [-0.15, -0.1) is 0 Å². The van der Waals surface area contributed by atoms with Crippen molar-refractivity contribution in [3.63, 3.8) is 0 Å². The molecule has 2 aromatic carbocycles. The highest BCUT2D eigenvalue weighted by atomic mass is 35.5. The van der Waals surface area contributed by atoms with E-state index in [0.717, 1.165) is 11.0 Å². The highest BCUT2D eigenvalue weighted by molar-refractivity contribution is 6.46. The molecule has 110 valence electrons. The van der Waals surface area contributed by atoms with Crippen LogP contribution >= 0.6 is 11.6 Å². The van der Waals surface area contributed by atoms with Crippen molar-refractivity contribution in [1.82, 2.24) is 4.98 Å². The number of halogens is 1. The first-order valence-electron chi connectivity index (χ1n) is 7.25. The number of aromatic nitrogens is 1. The third kappa shape index (κ3) is 1.99. The predicted octanol–water partition coefficient (Wildman–Crippen LogP) is 2.41. The minimum atomic E-state index is 0.0523. The largest absolute Gasteiger partial charge is 0.435 e. The molecule has 1 aliphatic carbocycles. The van der Waals surface area contributed by atoms with Crippen molar-refractivity contribution in [3.8, 4) is 17.5 Å². The zero-order chi connectivity index (χ0) is 16.1. The minimum Gasteiger partial charge on any atom is -0.435 e. The Hall–Kier alpha value is -2.58. The molecule has 1 aromatic heterocycles. The van der Waals surface area contributed by atoms with Gasteiger partial charge < -0.3 is 4.42 Å². The molecular weight excluding hydrogens is 310 g/mol. The molecular formula is C17H10BClN2O2. The molecule has 4 rings (SSSR count). The topological polar surface area (TPSA) is 66.9 Å². The molecule has 0 amide bonds. The van der Waals surface area contributed by atoms with Gasteiger partial charge in [-0.25, -0.2) is 4.98 Å². The van der Waals surface area contributed by atoms with Crippen molar-refractivity contribution in [3.05, 3.63) is 46.0 Å². The van der Waals surface area contributed by atoms with Gasteiger partial charge in [0.05, 0.1) is 5.56 Å². The lowest BCUT2D eigenvalue weighted by Crippen LogP contribution is -2.03. The third-order valence-corrected chi connectivity index (χ3v) is 4.73. The Balaban J connectivity index is 2.01. The molecule has 0 unspecified atom stereocenters. The van der Waals surface area contributed by atoms with Crippen molar-refractivity contribution in [1.29, 1.82) is 5.26 Å². The normalized spacial score (nSPS) is 13.3. The van der Waals surface area contributed by atoms with Crippen molar-refractivity contribution >= 4 is 41.8 Å².